The van der Waals surface area contributed by atoms with Gasteiger partial charge >= 0.3 is 0 Å². The topological polar surface area (TPSA) is 51.7 Å². The molecular weight excluding hydrogens is 364 g/mol. The molecule has 0 N–H and O–H groups in total. The lowest BCUT2D eigenvalue weighted by Crippen LogP contribution is -2.24. The average molecular weight is 395 g/mol. The van der Waals surface area contributed by atoms with Gasteiger partial charge < -0.3 is 19.2 Å². The van der Waals surface area contributed by atoms with E-state index in [2.05, 4.69) is 34.1 Å². The summed E-state index contributed by atoms with van der Waals surface area (Å²) in [6.45, 7) is 6.34. The Morgan fingerprint density at radius 1 is 1.14 bits per heavy atom. The summed E-state index contributed by atoms with van der Waals surface area (Å²) in [5.41, 5.74) is 2.14. The zero-order chi connectivity index (χ0) is 20.2. The van der Waals surface area contributed by atoms with Gasteiger partial charge in [0, 0.05) is 36.7 Å². The molecule has 4 rings (SSSR count). The number of pyridine rings is 1. The zero-order valence-electron chi connectivity index (χ0n) is 17.3. The fourth-order valence-corrected chi connectivity index (χ4v) is 3.79. The van der Waals surface area contributed by atoms with Gasteiger partial charge in [-0.2, -0.15) is 0 Å². The molecule has 2 aromatic rings. The molecule has 1 aliphatic carbocycles. The lowest BCUT2D eigenvalue weighted by Gasteiger charge is -2.19. The number of benzene rings is 1. The molecule has 29 heavy (non-hydrogen) atoms. The average Bonchev–Trinajstić information content (AvgIpc) is 3.44. The molecule has 5 heteroatoms. The Balaban J connectivity index is 1.27. The lowest BCUT2D eigenvalue weighted by atomic mass is 10.0. The molecule has 1 aromatic carbocycles. The second kappa shape index (κ2) is 8.85. The Labute approximate surface area is 173 Å². The summed E-state index contributed by atoms with van der Waals surface area (Å²) < 4.78 is 12.0. The number of hydrogen-bond acceptors (Lipinski definition) is 5. The van der Waals surface area contributed by atoms with Crippen molar-refractivity contribution < 1.29 is 14.3 Å². The van der Waals surface area contributed by atoms with E-state index in [-0.39, 0.29) is 17.8 Å². The highest BCUT2D eigenvalue weighted by Gasteiger charge is 2.25. The Bertz CT molecular complexity index is 815. The van der Waals surface area contributed by atoms with Crippen LogP contribution >= 0.6 is 0 Å². The van der Waals surface area contributed by atoms with Crippen LogP contribution in [0.1, 0.15) is 51.1 Å². The lowest BCUT2D eigenvalue weighted by molar-refractivity contribution is -0.117. The van der Waals surface area contributed by atoms with Crippen LogP contribution in [0.25, 0.3) is 0 Å². The second-order valence-electron chi connectivity index (χ2n) is 8.45. The van der Waals surface area contributed by atoms with Gasteiger partial charge in [0.15, 0.2) is 0 Å². The van der Waals surface area contributed by atoms with Crippen LogP contribution in [-0.4, -0.2) is 36.6 Å². The molecule has 2 atom stereocenters. The molecule has 0 bridgehead atoms. The number of rotatable bonds is 9. The molecule has 1 saturated carbocycles. The minimum atomic E-state index is 0.139. The van der Waals surface area contributed by atoms with Gasteiger partial charge in [0.1, 0.15) is 23.4 Å². The van der Waals surface area contributed by atoms with E-state index in [1.807, 2.05) is 19.1 Å². The number of aromatic nitrogens is 1. The maximum Gasteiger partial charge on any atom is 0.138 e. The first kappa shape index (κ1) is 19.7. The first-order valence-corrected chi connectivity index (χ1v) is 10.7. The first-order valence-electron chi connectivity index (χ1n) is 10.7. The maximum atomic E-state index is 11.3. The highest BCUT2D eigenvalue weighted by Crippen LogP contribution is 2.30. The predicted octanol–water partition coefficient (Wildman–Crippen LogP) is 4.61. The molecule has 154 valence electrons. The summed E-state index contributed by atoms with van der Waals surface area (Å²) in [5, 5.41) is 0. The molecule has 2 aliphatic rings. The van der Waals surface area contributed by atoms with Crippen LogP contribution in [0.4, 0.5) is 5.69 Å². The SMILES string of the molecule is CC(=O)C[C@@H](C)c1ccc(OC2CCN(c3ccc(OCC4CC4)cc3)C2)cn1. The van der Waals surface area contributed by atoms with Gasteiger partial charge in [-0.05, 0) is 62.1 Å². The summed E-state index contributed by atoms with van der Waals surface area (Å²) >= 11 is 0. The van der Waals surface area contributed by atoms with Crippen molar-refractivity contribution in [2.45, 2.75) is 51.6 Å². The first-order chi connectivity index (χ1) is 14.1. The molecule has 1 aliphatic heterocycles. The van der Waals surface area contributed by atoms with Crippen molar-refractivity contribution in [3.8, 4) is 11.5 Å². The van der Waals surface area contributed by atoms with E-state index in [1.165, 1.54) is 18.5 Å². The third-order valence-corrected chi connectivity index (χ3v) is 5.69. The number of carbonyl (C=O) groups is 1. The van der Waals surface area contributed by atoms with Crippen molar-refractivity contribution in [3.63, 3.8) is 0 Å². The highest BCUT2D eigenvalue weighted by molar-refractivity contribution is 5.76. The normalized spacial score (nSPS) is 19.8. The van der Waals surface area contributed by atoms with Gasteiger partial charge in [0.05, 0.1) is 19.3 Å². The largest absolute Gasteiger partial charge is 0.493 e. The van der Waals surface area contributed by atoms with Crippen LogP contribution in [0.5, 0.6) is 11.5 Å². The van der Waals surface area contributed by atoms with Crippen LogP contribution in [-0.2, 0) is 4.79 Å². The third kappa shape index (κ3) is 5.49. The number of ketones is 1. The van der Waals surface area contributed by atoms with Gasteiger partial charge in [0.2, 0.25) is 0 Å². The van der Waals surface area contributed by atoms with E-state index in [4.69, 9.17) is 9.47 Å². The fraction of sp³-hybridized carbons (Fsp3) is 0.500. The number of nitrogens with zero attached hydrogens (tertiary/aromatic N) is 2. The van der Waals surface area contributed by atoms with E-state index in [1.54, 1.807) is 13.1 Å². The predicted molar refractivity (Wildman–Crippen MR) is 114 cm³/mol. The number of hydrogen-bond donors (Lipinski definition) is 0. The third-order valence-electron chi connectivity index (χ3n) is 5.69. The summed E-state index contributed by atoms with van der Waals surface area (Å²) in [5.74, 6) is 2.84. The number of ether oxygens (including phenoxy) is 2. The van der Waals surface area contributed by atoms with E-state index >= 15 is 0 Å². The van der Waals surface area contributed by atoms with Crippen molar-refractivity contribution in [2.75, 3.05) is 24.6 Å². The minimum absolute atomic E-state index is 0.139. The van der Waals surface area contributed by atoms with E-state index in [0.717, 1.165) is 49.2 Å². The molecule has 2 fully saturated rings. The fourth-order valence-electron chi connectivity index (χ4n) is 3.79. The number of anilines is 1. The molecule has 0 radical (unpaired) electrons. The molecule has 2 heterocycles. The number of Topliss-reactive ketones (excluding diaryl/α,β-unsaturated/α-hetero) is 1. The zero-order valence-corrected chi connectivity index (χ0v) is 17.3. The van der Waals surface area contributed by atoms with Crippen molar-refractivity contribution in [1.82, 2.24) is 4.98 Å². The van der Waals surface area contributed by atoms with Crippen LogP contribution in [0.15, 0.2) is 42.6 Å². The monoisotopic (exact) mass is 394 g/mol. The molecule has 5 nitrogen and oxygen atoms in total. The molecule has 0 spiro atoms. The van der Waals surface area contributed by atoms with Gasteiger partial charge in [-0.1, -0.05) is 6.92 Å². The highest BCUT2D eigenvalue weighted by atomic mass is 16.5. The maximum absolute atomic E-state index is 11.3. The quantitative estimate of drug-likeness (QED) is 0.622. The Morgan fingerprint density at radius 2 is 1.90 bits per heavy atom. The van der Waals surface area contributed by atoms with Crippen molar-refractivity contribution in [1.29, 1.82) is 0 Å². The van der Waals surface area contributed by atoms with Crippen LogP contribution in [0.2, 0.25) is 0 Å². The molecule has 1 saturated heterocycles. The van der Waals surface area contributed by atoms with E-state index in [9.17, 15) is 4.79 Å². The number of carbonyl (C=O) groups excluding carboxylic acids is 1. The summed E-state index contributed by atoms with van der Waals surface area (Å²) in [6, 6.07) is 12.3. The summed E-state index contributed by atoms with van der Waals surface area (Å²) in [4.78, 5) is 18.1. The van der Waals surface area contributed by atoms with Crippen molar-refractivity contribution in [3.05, 3.63) is 48.3 Å². The molecule has 1 unspecified atom stereocenters. The van der Waals surface area contributed by atoms with Crippen molar-refractivity contribution in [2.24, 2.45) is 5.92 Å². The summed E-state index contributed by atoms with van der Waals surface area (Å²) in [7, 11) is 0. The summed E-state index contributed by atoms with van der Waals surface area (Å²) in [6.07, 6.45) is 6.06. The molecule has 0 amide bonds. The second-order valence-corrected chi connectivity index (χ2v) is 8.45. The van der Waals surface area contributed by atoms with Crippen LogP contribution in [0, 0.1) is 5.92 Å². The van der Waals surface area contributed by atoms with Gasteiger partial charge in [0.25, 0.3) is 0 Å². The Kier molecular flexibility index (Phi) is 6.02. The van der Waals surface area contributed by atoms with E-state index in [0.29, 0.717) is 6.42 Å². The Hall–Kier alpha value is -2.56. The molecule has 1 aromatic heterocycles. The van der Waals surface area contributed by atoms with Gasteiger partial charge in [-0.25, -0.2) is 0 Å². The van der Waals surface area contributed by atoms with Gasteiger partial charge in [-0.3, -0.25) is 4.98 Å². The Morgan fingerprint density at radius 3 is 2.55 bits per heavy atom. The van der Waals surface area contributed by atoms with Crippen LogP contribution < -0.4 is 14.4 Å². The smallest absolute Gasteiger partial charge is 0.138 e. The van der Waals surface area contributed by atoms with Crippen LogP contribution in [0.3, 0.4) is 0 Å². The molecular formula is C24H30N2O3. The van der Waals surface area contributed by atoms with E-state index < -0.39 is 0 Å². The minimum Gasteiger partial charge on any atom is -0.493 e. The van der Waals surface area contributed by atoms with Crippen molar-refractivity contribution >= 4 is 11.5 Å². The standard InChI is InChI=1S/C24H30N2O3/c1-17(13-18(2)27)24-10-9-22(14-25-24)29-23-11-12-26(15-23)20-5-7-21(8-6-20)28-16-19-3-4-19/h5-10,14,17,19,23H,3-4,11-13,15-16H2,1-2H3/t17-,23?/m1/s1. The van der Waals surface area contributed by atoms with Gasteiger partial charge in [-0.15, -0.1) is 0 Å².